The van der Waals surface area contributed by atoms with Crippen LogP contribution >= 0.6 is 0 Å². The zero-order valence-corrected chi connectivity index (χ0v) is 21.4. The number of aromatic nitrogens is 2. The lowest BCUT2D eigenvalue weighted by atomic mass is 9.91. The van der Waals surface area contributed by atoms with Gasteiger partial charge in [-0.15, -0.1) is 0 Å². The SMILES string of the molecule is CC([C@H]1CCCO1)n1nc(NC(=O)c2cc(C(F)(F)F)ccc2OC[C@H]2CCC(=O)N2)cc1C(C)(C)C. The van der Waals surface area contributed by atoms with Crippen LogP contribution in [0.2, 0.25) is 0 Å². The van der Waals surface area contributed by atoms with E-state index in [-0.39, 0.29) is 53.2 Å². The van der Waals surface area contributed by atoms with Crippen molar-refractivity contribution in [3.8, 4) is 5.75 Å². The number of hydrogen-bond donors (Lipinski definition) is 2. The molecule has 1 aromatic carbocycles. The van der Waals surface area contributed by atoms with Gasteiger partial charge in [-0.1, -0.05) is 20.8 Å². The van der Waals surface area contributed by atoms with E-state index in [0.717, 1.165) is 36.7 Å². The Kier molecular flexibility index (Phi) is 7.55. The summed E-state index contributed by atoms with van der Waals surface area (Å²) < 4.78 is 53.7. The summed E-state index contributed by atoms with van der Waals surface area (Å²) >= 11 is 0. The Hall–Kier alpha value is -3.08. The van der Waals surface area contributed by atoms with E-state index in [4.69, 9.17) is 9.47 Å². The molecule has 3 heterocycles. The Bertz CT molecular complexity index is 1150. The maximum atomic E-state index is 13.4. The Morgan fingerprint density at radius 2 is 2.03 bits per heavy atom. The number of alkyl halides is 3. The van der Waals surface area contributed by atoms with Crippen LogP contribution < -0.4 is 15.4 Å². The predicted octanol–water partition coefficient (Wildman–Crippen LogP) is 4.85. The number of ether oxygens (including phenoxy) is 2. The van der Waals surface area contributed by atoms with Crippen molar-refractivity contribution in [1.29, 1.82) is 0 Å². The number of halogens is 3. The van der Waals surface area contributed by atoms with E-state index in [1.165, 1.54) is 0 Å². The molecular formula is C26H33F3N4O4. The highest BCUT2D eigenvalue weighted by Crippen LogP contribution is 2.34. The molecule has 11 heteroatoms. The second kappa shape index (κ2) is 10.4. The molecule has 2 aliphatic rings. The normalized spacial score (nSPS) is 21.1. The third-order valence-electron chi connectivity index (χ3n) is 6.71. The quantitative estimate of drug-likeness (QED) is 0.542. The molecule has 0 spiro atoms. The van der Waals surface area contributed by atoms with Crippen LogP contribution in [-0.4, -0.2) is 47.0 Å². The second-order valence-electron chi connectivity index (χ2n) is 10.7. The highest BCUT2D eigenvalue weighted by molar-refractivity contribution is 6.06. The second-order valence-corrected chi connectivity index (χ2v) is 10.7. The molecule has 0 bridgehead atoms. The number of benzene rings is 1. The third kappa shape index (κ3) is 6.26. The molecule has 0 aliphatic carbocycles. The smallest absolute Gasteiger partial charge is 0.416 e. The van der Waals surface area contributed by atoms with Crippen LogP contribution in [0.3, 0.4) is 0 Å². The highest BCUT2D eigenvalue weighted by Gasteiger charge is 2.33. The van der Waals surface area contributed by atoms with Crippen molar-refractivity contribution >= 4 is 17.6 Å². The van der Waals surface area contributed by atoms with E-state index in [0.29, 0.717) is 19.4 Å². The van der Waals surface area contributed by atoms with Crippen LogP contribution in [0.25, 0.3) is 0 Å². The molecule has 2 saturated heterocycles. The van der Waals surface area contributed by atoms with Gasteiger partial charge in [-0.05, 0) is 44.4 Å². The van der Waals surface area contributed by atoms with Crippen LogP contribution in [0.4, 0.5) is 19.0 Å². The van der Waals surface area contributed by atoms with E-state index in [2.05, 4.69) is 15.7 Å². The molecule has 202 valence electrons. The molecular weight excluding hydrogens is 489 g/mol. The first-order valence-electron chi connectivity index (χ1n) is 12.5. The molecule has 8 nitrogen and oxygen atoms in total. The van der Waals surface area contributed by atoms with Gasteiger partial charge in [0, 0.05) is 30.2 Å². The summed E-state index contributed by atoms with van der Waals surface area (Å²) in [5, 5.41) is 10.00. The molecule has 2 amide bonds. The van der Waals surface area contributed by atoms with Crippen molar-refractivity contribution in [1.82, 2.24) is 15.1 Å². The maximum Gasteiger partial charge on any atom is 0.416 e. The first-order valence-corrected chi connectivity index (χ1v) is 12.5. The van der Waals surface area contributed by atoms with Gasteiger partial charge in [0.15, 0.2) is 5.82 Å². The Balaban J connectivity index is 1.60. The number of anilines is 1. The van der Waals surface area contributed by atoms with Crippen molar-refractivity contribution in [2.75, 3.05) is 18.5 Å². The summed E-state index contributed by atoms with van der Waals surface area (Å²) in [6.07, 6.45) is -1.87. The van der Waals surface area contributed by atoms with Crippen molar-refractivity contribution in [2.24, 2.45) is 0 Å². The van der Waals surface area contributed by atoms with Gasteiger partial charge in [-0.25, -0.2) is 0 Å². The molecule has 2 fully saturated rings. The van der Waals surface area contributed by atoms with Gasteiger partial charge < -0.3 is 20.1 Å². The van der Waals surface area contributed by atoms with Crippen molar-refractivity contribution in [2.45, 2.75) is 83.2 Å². The van der Waals surface area contributed by atoms with Crippen molar-refractivity contribution in [3.63, 3.8) is 0 Å². The van der Waals surface area contributed by atoms with Crippen LogP contribution in [0, 0.1) is 0 Å². The minimum absolute atomic E-state index is 0.00477. The van der Waals surface area contributed by atoms with Crippen LogP contribution in [0.5, 0.6) is 5.75 Å². The van der Waals surface area contributed by atoms with E-state index >= 15 is 0 Å². The molecule has 1 aromatic heterocycles. The fraction of sp³-hybridized carbons (Fsp3) is 0.577. The molecule has 1 unspecified atom stereocenters. The zero-order chi connectivity index (χ0) is 27.0. The van der Waals surface area contributed by atoms with Gasteiger partial charge in [0.25, 0.3) is 5.91 Å². The van der Waals surface area contributed by atoms with Crippen molar-refractivity contribution in [3.05, 3.63) is 41.1 Å². The number of nitrogens with one attached hydrogen (secondary N) is 2. The van der Waals surface area contributed by atoms with Gasteiger partial charge >= 0.3 is 6.18 Å². The number of amides is 2. The molecule has 0 saturated carbocycles. The summed E-state index contributed by atoms with van der Waals surface area (Å²) in [5.41, 5.74) is -0.674. The monoisotopic (exact) mass is 522 g/mol. The zero-order valence-electron chi connectivity index (χ0n) is 21.4. The van der Waals surface area contributed by atoms with E-state index in [9.17, 15) is 22.8 Å². The average molecular weight is 523 g/mol. The van der Waals surface area contributed by atoms with Gasteiger partial charge in [0.05, 0.1) is 29.3 Å². The summed E-state index contributed by atoms with van der Waals surface area (Å²) in [4.78, 5) is 24.7. The Morgan fingerprint density at radius 1 is 1.27 bits per heavy atom. The maximum absolute atomic E-state index is 13.4. The molecule has 2 aliphatic heterocycles. The topological polar surface area (TPSA) is 94.5 Å². The molecule has 3 atom stereocenters. The molecule has 2 N–H and O–H groups in total. The number of carbonyl (C=O) groups is 2. The van der Waals surface area contributed by atoms with Gasteiger partial charge in [-0.2, -0.15) is 18.3 Å². The summed E-state index contributed by atoms with van der Waals surface area (Å²) in [6.45, 7) is 8.80. The Morgan fingerprint density at radius 3 is 2.62 bits per heavy atom. The summed E-state index contributed by atoms with van der Waals surface area (Å²) in [6, 6.07) is 4.16. The predicted molar refractivity (Wildman–Crippen MR) is 131 cm³/mol. The third-order valence-corrected chi connectivity index (χ3v) is 6.71. The van der Waals surface area contributed by atoms with Gasteiger partial charge in [0.2, 0.25) is 5.91 Å². The number of nitrogens with zero attached hydrogens (tertiary/aromatic N) is 2. The van der Waals surface area contributed by atoms with Crippen LogP contribution in [0.1, 0.15) is 81.0 Å². The van der Waals surface area contributed by atoms with Crippen molar-refractivity contribution < 1.29 is 32.2 Å². The average Bonchev–Trinajstić information content (AvgIpc) is 3.57. The minimum atomic E-state index is -4.63. The molecule has 4 rings (SSSR count). The van der Waals surface area contributed by atoms with E-state index < -0.39 is 17.6 Å². The first kappa shape index (κ1) is 27.0. The van der Waals surface area contributed by atoms with E-state index in [1.807, 2.05) is 32.4 Å². The van der Waals surface area contributed by atoms with Crippen LogP contribution in [-0.2, 0) is 21.1 Å². The van der Waals surface area contributed by atoms with E-state index in [1.54, 1.807) is 6.07 Å². The fourth-order valence-electron chi connectivity index (χ4n) is 4.65. The Labute approximate surface area is 213 Å². The number of rotatable bonds is 7. The molecule has 2 aromatic rings. The summed E-state index contributed by atoms with van der Waals surface area (Å²) in [5.74, 6) is -0.658. The largest absolute Gasteiger partial charge is 0.491 e. The first-order chi connectivity index (χ1) is 17.3. The van der Waals surface area contributed by atoms with Crippen LogP contribution in [0.15, 0.2) is 24.3 Å². The lowest BCUT2D eigenvalue weighted by molar-refractivity contribution is -0.137. The lowest BCUT2D eigenvalue weighted by Crippen LogP contribution is -2.31. The molecule has 0 radical (unpaired) electrons. The minimum Gasteiger partial charge on any atom is -0.491 e. The fourth-order valence-corrected chi connectivity index (χ4v) is 4.65. The lowest BCUT2D eigenvalue weighted by Gasteiger charge is -2.26. The highest BCUT2D eigenvalue weighted by atomic mass is 19.4. The molecule has 37 heavy (non-hydrogen) atoms. The number of carbonyl (C=O) groups excluding carboxylic acids is 2. The number of hydrogen-bond acceptors (Lipinski definition) is 5. The van der Waals surface area contributed by atoms with Gasteiger partial charge in [0.1, 0.15) is 12.4 Å². The van der Waals surface area contributed by atoms with Gasteiger partial charge in [-0.3, -0.25) is 14.3 Å². The standard InChI is InChI=1S/C26H33F3N4O4/c1-15(19-6-5-11-36-19)33-21(25(2,3)4)13-22(32-33)31-24(35)18-12-16(26(27,28)29)7-9-20(18)37-14-17-8-10-23(34)30-17/h7,9,12-13,15,17,19H,5-6,8,10-11,14H2,1-4H3,(H,30,34)(H,31,32,35)/t15?,17-,19-/m1/s1. The summed E-state index contributed by atoms with van der Waals surface area (Å²) in [7, 11) is 0.